The van der Waals surface area contributed by atoms with E-state index in [1.807, 2.05) is 25.1 Å². The van der Waals surface area contributed by atoms with Crippen molar-refractivity contribution in [2.24, 2.45) is 5.73 Å². The Balaban J connectivity index is 1.73. The third-order valence-corrected chi connectivity index (χ3v) is 3.49. The summed E-state index contributed by atoms with van der Waals surface area (Å²) < 4.78 is 16.2. The molecule has 2 aromatic rings. The molecule has 1 heterocycles. The highest BCUT2D eigenvalue weighted by molar-refractivity contribution is 5.42. The van der Waals surface area contributed by atoms with Crippen LogP contribution >= 0.6 is 0 Å². The maximum Gasteiger partial charge on any atom is 0.264 e. The molecule has 0 saturated heterocycles. The molecule has 112 valence electrons. The van der Waals surface area contributed by atoms with Crippen LogP contribution in [-0.2, 0) is 6.61 Å². The normalized spacial score (nSPS) is 15.8. The molecule has 1 aliphatic rings. The highest BCUT2D eigenvalue weighted by Gasteiger charge is 2.28. The zero-order valence-corrected chi connectivity index (χ0v) is 12.2. The molecule has 6 heteroatoms. The van der Waals surface area contributed by atoms with Crippen molar-refractivity contribution in [3.8, 4) is 11.5 Å². The highest BCUT2D eigenvalue weighted by atomic mass is 16.5. The van der Waals surface area contributed by atoms with Gasteiger partial charge in [-0.1, -0.05) is 11.2 Å². The van der Waals surface area contributed by atoms with E-state index in [4.69, 9.17) is 19.7 Å². The zero-order chi connectivity index (χ0) is 14.8. The first kappa shape index (κ1) is 13.9. The van der Waals surface area contributed by atoms with E-state index in [2.05, 4.69) is 10.1 Å². The van der Waals surface area contributed by atoms with Crippen LogP contribution in [0.1, 0.15) is 49.0 Å². The lowest BCUT2D eigenvalue weighted by atomic mass is 10.1. The van der Waals surface area contributed by atoms with E-state index in [9.17, 15) is 0 Å². The molecule has 0 spiro atoms. The minimum Gasteiger partial charge on any atom is -0.497 e. The minimum atomic E-state index is -0.129. The Bertz CT molecular complexity index is 620. The van der Waals surface area contributed by atoms with Crippen molar-refractivity contribution in [2.45, 2.75) is 38.3 Å². The SMILES string of the molecule is COc1ccc(C(C)N)c(OCc2nc(C3CC3)no2)c1. The summed E-state index contributed by atoms with van der Waals surface area (Å²) in [5.74, 6) is 3.13. The van der Waals surface area contributed by atoms with Crippen molar-refractivity contribution in [2.75, 3.05) is 7.11 Å². The number of hydrogen-bond donors (Lipinski definition) is 1. The molecule has 0 radical (unpaired) electrons. The summed E-state index contributed by atoms with van der Waals surface area (Å²) in [5.41, 5.74) is 6.87. The minimum absolute atomic E-state index is 0.129. The molecule has 1 unspecified atom stereocenters. The Kier molecular flexibility index (Phi) is 3.79. The van der Waals surface area contributed by atoms with E-state index in [1.54, 1.807) is 7.11 Å². The maximum absolute atomic E-state index is 5.95. The van der Waals surface area contributed by atoms with Gasteiger partial charge in [-0.2, -0.15) is 4.98 Å². The summed E-state index contributed by atoms with van der Waals surface area (Å²) in [5, 5.41) is 3.97. The molecule has 1 fully saturated rings. The first-order valence-corrected chi connectivity index (χ1v) is 7.06. The van der Waals surface area contributed by atoms with Gasteiger partial charge >= 0.3 is 0 Å². The van der Waals surface area contributed by atoms with Crippen molar-refractivity contribution >= 4 is 0 Å². The number of rotatable bonds is 6. The van der Waals surface area contributed by atoms with E-state index in [-0.39, 0.29) is 12.6 Å². The fraction of sp³-hybridized carbons (Fsp3) is 0.467. The van der Waals surface area contributed by atoms with Crippen molar-refractivity contribution in [3.63, 3.8) is 0 Å². The van der Waals surface area contributed by atoms with Crippen LogP contribution in [0.5, 0.6) is 11.5 Å². The van der Waals surface area contributed by atoms with Gasteiger partial charge in [0.25, 0.3) is 5.89 Å². The maximum atomic E-state index is 5.95. The Labute approximate surface area is 123 Å². The predicted octanol–water partition coefficient (Wildman–Crippen LogP) is 2.55. The summed E-state index contributed by atoms with van der Waals surface area (Å²) in [6.07, 6.45) is 2.29. The fourth-order valence-electron chi connectivity index (χ4n) is 2.12. The quantitative estimate of drug-likeness (QED) is 0.880. The van der Waals surface area contributed by atoms with Crippen LogP contribution in [0.25, 0.3) is 0 Å². The van der Waals surface area contributed by atoms with Gasteiger partial charge in [0.05, 0.1) is 7.11 Å². The highest BCUT2D eigenvalue weighted by Crippen LogP contribution is 2.38. The molecule has 6 nitrogen and oxygen atoms in total. The lowest BCUT2D eigenvalue weighted by molar-refractivity contribution is 0.239. The molecule has 1 saturated carbocycles. The Morgan fingerprint density at radius 3 is 2.90 bits per heavy atom. The largest absolute Gasteiger partial charge is 0.497 e. The average molecular weight is 289 g/mol. The summed E-state index contributed by atoms with van der Waals surface area (Å²) in [7, 11) is 1.62. The smallest absolute Gasteiger partial charge is 0.264 e. The predicted molar refractivity (Wildman–Crippen MR) is 76.2 cm³/mol. The number of benzene rings is 1. The number of nitrogens with zero attached hydrogens (tertiary/aromatic N) is 2. The summed E-state index contributed by atoms with van der Waals surface area (Å²) in [6, 6.07) is 5.46. The van der Waals surface area contributed by atoms with E-state index >= 15 is 0 Å². The second kappa shape index (κ2) is 5.73. The molecule has 1 aromatic carbocycles. The first-order valence-electron chi connectivity index (χ1n) is 7.06. The standard InChI is InChI=1S/C15H19N3O3/c1-9(16)12-6-5-11(19-2)7-13(12)20-8-14-17-15(18-21-14)10-3-4-10/h5-7,9-10H,3-4,8,16H2,1-2H3. The number of nitrogens with two attached hydrogens (primary N) is 1. The van der Waals surface area contributed by atoms with E-state index in [0.29, 0.717) is 17.6 Å². The molecular formula is C15H19N3O3. The van der Waals surface area contributed by atoms with Crippen molar-refractivity contribution in [3.05, 3.63) is 35.5 Å². The molecule has 1 aliphatic carbocycles. The molecule has 0 amide bonds. The number of ether oxygens (including phenoxy) is 2. The fourth-order valence-corrected chi connectivity index (χ4v) is 2.12. The number of hydrogen-bond acceptors (Lipinski definition) is 6. The summed E-state index contributed by atoms with van der Waals surface area (Å²) >= 11 is 0. The Morgan fingerprint density at radius 2 is 2.24 bits per heavy atom. The van der Waals surface area contributed by atoms with Gasteiger partial charge < -0.3 is 19.7 Å². The second-order valence-electron chi connectivity index (χ2n) is 5.30. The van der Waals surface area contributed by atoms with Crippen LogP contribution in [0.3, 0.4) is 0 Å². The van der Waals surface area contributed by atoms with Crippen LogP contribution in [0.4, 0.5) is 0 Å². The van der Waals surface area contributed by atoms with Crippen molar-refractivity contribution < 1.29 is 14.0 Å². The van der Waals surface area contributed by atoms with Crippen LogP contribution < -0.4 is 15.2 Å². The first-order chi connectivity index (χ1) is 10.2. The lowest BCUT2D eigenvalue weighted by Gasteiger charge is -2.14. The van der Waals surface area contributed by atoms with Crippen LogP contribution in [0, 0.1) is 0 Å². The third-order valence-electron chi connectivity index (χ3n) is 3.49. The van der Waals surface area contributed by atoms with Gasteiger partial charge in [0.15, 0.2) is 12.4 Å². The van der Waals surface area contributed by atoms with Gasteiger partial charge in [0.2, 0.25) is 0 Å². The molecular weight excluding hydrogens is 270 g/mol. The number of aromatic nitrogens is 2. The molecule has 3 rings (SSSR count). The zero-order valence-electron chi connectivity index (χ0n) is 12.2. The van der Waals surface area contributed by atoms with Gasteiger partial charge in [-0.3, -0.25) is 0 Å². The monoisotopic (exact) mass is 289 g/mol. The third kappa shape index (κ3) is 3.16. The molecule has 0 bridgehead atoms. The van der Waals surface area contributed by atoms with E-state index in [1.165, 1.54) is 0 Å². The molecule has 1 aromatic heterocycles. The topological polar surface area (TPSA) is 83.4 Å². The van der Waals surface area contributed by atoms with Gasteiger partial charge in [-0.25, -0.2) is 0 Å². The van der Waals surface area contributed by atoms with Crippen LogP contribution in [0.15, 0.2) is 22.7 Å². The summed E-state index contributed by atoms with van der Waals surface area (Å²) in [6.45, 7) is 2.14. The molecule has 2 N–H and O–H groups in total. The van der Waals surface area contributed by atoms with Gasteiger partial charge in [0.1, 0.15) is 11.5 Å². The van der Waals surface area contributed by atoms with Gasteiger partial charge in [-0.15, -0.1) is 0 Å². The van der Waals surface area contributed by atoms with Crippen molar-refractivity contribution in [1.29, 1.82) is 0 Å². The van der Waals surface area contributed by atoms with Crippen LogP contribution in [0.2, 0.25) is 0 Å². The van der Waals surface area contributed by atoms with Crippen molar-refractivity contribution in [1.82, 2.24) is 10.1 Å². The average Bonchev–Trinajstić information content (AvgIpc) is 3.23. The molecule has 21 heavy (non-hydrogen) atoms. The van der Waals surface area contributed by atoms with Gasteiger partial charge in [-0.05, 0) is 25.8 Å². The van der Waals surface area contributed by atoms with Crippen LogP contribution in [-0.4, -0.2) is 17.3 Å². The second-order valence-corrected chi connectivity index (χ2v) is 5.30. The summed E-state index contributed by atoms with van der Waals surface area (Å²) in [4.78, 5) is 4.34. The van der Waals surface area contributed by atoms with Gasteiger partial charge in [0, 0.05) is 23.6 Å². The number of methoxy groups -OCH3 is 1. The molecule has 0 aliphatic heterocycles. The Morgan fingerprint density at radius 1 is 1.43 bits per heavy atom. The Hall–Kier alpha value is -2.08. The van der Waals surface area contributed by atoms with E-state index in [0.717, 1.165) is 30.0 Å². The van der Waals surface area contributed by atoms with E-state index < -0.39 is 0 Å². The molecule has 1 atom stereocenters. The lowest BCUT2D eigenvalue weighted by Crippen LogP contribution is -2.08.